The molecule has 35 heavy (non-hydrogen) atoms. The lowest BCUT2D eigenvalue weighted by Gasteiger charge is -2.40. The molecule has 3 rings (SSSR count). The molecule has 0 spiro atoms. The van der Waals surface area contributed by atoms with Crippen LogP contribution in [0.4, 0.5) is 38.1 Å². The molecule has 8 nitrogen and oxygen atoms in total. The molecular weight excluding hydrogens is 482 g/mol. The summed E-state index contributed by atoms with van der Waals surface area (Å²) in [7, 11) is 0. The van der Waals surface area contributed by atoms with Crippen molar-refractivity contribution in [1.82, 2.24) is 19.9 Å². The van der Waals surface area contributed by atoms with Crippen molar-refractivity contribution in [3.63, 3.8) is 0 Å². The zero-order valence-corrected chi connectivity index (χ0v) is 19.0. The van der Waals surface area contributed by atoms with Gasteiger partial charge in [0.15, 0.2) is 0 Å². The third-order valence-electron chi connectivity index (χ3n) is 5.71. The number of ether oxygens (including phenoxy) is 1. The minimum atomic E-state index is -4.70. The molecule has 1 aliphatic rings. The summed E-state index contributed by atoms with van der Waals surface area (Å²) in [5, 5.41) is 15.7. The lowest BCUT2D eigenvalue weighted by Crippen LogP contribution is -2.41. The first-order chi connectivity index (χ1) is 16.2. The number of rotatable bonds is 8. The van der Waals surface area contributed by atoms with E-state index in [1.54, 1.807) is 0 Å². The normalized spacial score (nSPS) is 20.4. The topological polar surface area (TPSA) is 105 Å². The Morgan fingerprint density at radius 3 is 2.51 bits per heavy atom. The summed E-state index contributed by atoms with van der Waals surface area (Å²) in [6.45, 7) is 2.94. The minimum Gasteiger partial charge on any atom is -0.477 e. The van der Waals surface area contributed by atoms with Crippen molar-refractivity contribution in [3.8, 4) is 5.88 Å². The molecule has 0 bridgehead atoms. The van der Waals surface area contributed by atoms with E-state index in [1.165, 1.54) is 6.20 Å². The van der Waals surface area contributed by atoms with Crippen LogP contribution in [0.25, 0.3) is 0 Å². The number of hydrogen-bond donors (Lipinski definition) is 3. The summed E-state index contributed by atoms with van der Waals surface area (Å²) in [5.41, 5.74) is -1.24. The monoisotopic (exact) mass is 508 g/mol. The number of aliphatic hydroxyl groups excluding tert-OH is 1. The molecule has 1 fully saturated rings. The van der Waals surface area contributed by atoms with E-state index in [1.807, 2.05) is 13.8 Å². The van der Waals surface area contributed by atoms with Crippen LogP contribution in [0.3, 0.4) is 0 Å². The van der Waals surface area contributed by atoms with E-state index >= 15 is 0 Å². The van der Waals surface area contributed by atoms with Crippen molar-refractivity contribution >= 4 is 11.8 Å². The molecule has 0 aromatic carbocycles. The number of aromatic nitrogens is 4. The largest absolute Gasteiger partial charge is 0.477 e. The first kappa shape index (κ1) is 26.7. The number of alkyl halides is 6. The molecule has 1 saturated carbocycles. The van der Waals surface area contributed by atoms with E-state index in [0.717, 1.165) is 6.33 Å². The smallest absolute Gasteiger partial charge is 0.421 e. The summed E-state index contributed by atoms with van der Waals surface area (Å²) in [5.74, 6) is -0.635. The molecule has 1 aliphatic carbocycles. The van der Waals surface area contributed by atoms with Gasteiger partial charge in [0.05, 0.1) is 24.7 Å². The predicted molar refractivity (Wildman–Crippen MR) is 114 cm³/mol. The van der Waals surface area contributed by atoms with Crippen LogP contribution in [0, 0.1) is 5.41 Å². The van der Waals surface area contributed by atoms with Gasteiger partial charge >= 0.3 is 12.4 Å². The Morgan fingerprint density at radius 1 is 1.11 bits per heavy atom. The Balaban J connectivity index is 1.73. The summed E-state index contributed by atoms with van der Waals surface area (Å²) in [6.07, 6.45) is -6.40. The van der Waals surface area contributed by atoms with E-state index in [4.69, 9.17) is 4.74 Å². The van der Waals surface area contributed by atoms with Gasteiger partial charge < -0.3 is 20.5 Å². The maximum absolute atomic E-state index is 13.6. The van der Waals surface area contributed by atoms with Gasteiger partial charge in [-0.2, -0.15) is 31.3 Å². The van der Waals surface area contributed by atoms with Crippen LogP contribution < -0.4 is 15.4 Å². The lowest BCUT2D eigenvalue weighted by molar-refractivity contribution is -0.140. The van der Waals surface area contributed by atoms with Crippen molar-refractivity contribution in [1.29, 1.82) is 0 Å². The second-order valence-corrected chi connectivity index (χ2v) is 9.00. The summed E-state index contributed by atoms with van der Waals surface area (Å²) >= 11 is 0. The first-order valence-corrected chi connectivity index (χ1v) is 10.9. The molecule has 2 aromatic heterocycles. The fraction of sp³-hybridized carbons (Fsp3) is 0.619. The molecule has 0 amide bonds. The van der Waals surface area contributed by atoms with Crippen molar-refractivity contribution in [2.45, 2.75) is 70.6 Å². The van der Waals surface area contributed by atoms with E-state index < -0.39 is 48.3 Å². The standard InChI is InChI=1S/C21H26F6N6O2/c1-19(2)7-13(3-4-15(19)34)32-16-14(21(25,26)27)10-30-18(33-16)29-9-12-8-28-11-31-17(12)35-6-5-20(22,23)24/h8,10-11,13,15,34H,3-7,9H2,1-2H3,(H2,29,30,32,33)/t13?,15-/m0/s1. The minimum absolute atomic E-state index is 0.0926. The summed E-state index contributed by atoms with van der Waals surface area (Å²) < 4.78 is 82.9. The Hall–Kier alpha value is -2.90. The van der Waals surface area contributed by atoms with Crippen molar-refractivity contribution in [2.75, 3.05) is 17.2 Å². The van der Waals surface area contributed by atoms with Crippen LogP contribution in [0.15, 0.2) is 18.7 Å². The van der Waals surface area contributed by atoms with Gasteiger partial charge in [0.2, 0.25) is 11.8 Å². The third kappa shape index (κ3) is 7.54. The number of halogens is 6. The SMILES string of the molecule is CC1(C)CC(Nc2nc(NCc3cncnc3OCCC(F)(F)F)ncc2C(F)(F)F)CC[C@@H]1O. The second-order valence-electron chi connectivity index (χ2n) is 9.00. The quantitative estimate of drug-likeness (QED) is 0.445. The number of nitrogens with zero attached hydrogens (tertiary/aromatic N) is 4. The molecule has 0 aliphatic heterocycles. The van der Waals surface area contributed by atoms with Gasteiger partial charge in [-0.05, 0) is 24.7 Å². The molecule has 2 heterocycles. The third-order valence-corrected chi connectivity index (χ3v) is 5.71. The van der Waals surface area contributed by atoms with Gasteiger partial charge in [0.1, 0.15) is 17.7 Å². The van der Waals surface area contributed by atoms with Gasteiger partial charge in [-0.25, -0.2) is 15.0 Å². The Bertz CT molecular complexity index is 1000. The highest BCUT2D eigenvalue weighted by molar-refractivity contribution is 5.49. The van der Waals surface area contributed by atoms with E-state index in [9.17, 15) is 31.4 Å². The average molecular weight is 508 g/mol. The molecule has 14 heteroatoms. The molecule has 2 atom stereocenters. The zero-order valence-electron chi connectivity index (χ0n) is 19.0. The second kappa shape index (κ2) is 10.4. The Labute approximate surface area is 197 Å². The van der Waals surface area contributed by atoms with E-state index in [-0.39, 0.29) is 30.0 Å². The molecule has 1 unspecified atom stereocenters. The maximum atomic E-state index is 13.6. The number of nitrogens with one attached hydrogen (secondary N) is 2. The van der Waals surface area contributed by atoms with Gasteiger partial charge in [0.25, 0.3) is 0 Å². The molecule has 3 N–H and O–H groups in total. The highest BCUT2D eigenvalue weighted by Crippen LogP contribution is 2.39. The van der Waals surface area contributed by atoms with Crippen LogP contribution in [0.1, 0.15) is 50.7 Å². The summed E-state index contributed by atoms with van der Waals surface area (Å²) in [6, 6.07) is -0.339. The van der Waals surface area contributed by atoms with Gasteiger partial charge in [-0.3, -0.25) is 0 Å². The van der Waals surface area contributed by atoms with Gasteiger partial charge in [-0.15, -0.1) is 0 Å². The van der Waals surface area contributed by atoms with E-state index in [2.05, 4.69) is 30.6 Å². The van der Waals surface area contributed by atoms with E-state index in [0.29, 0.717) is 25.5 Å². The lowest BCUT2D eigenvalue weighted by atomic mass is 9.73. The highest BCUT2D eigenvalue weighted by Gasteiger charge is 2.39. The van der Waals surface area contributed by atoms with Crippen LogP contribution in [0.5, 0.6) is 5.88 Å². The first-order valence-electron chi connectivity index (χ1n) is 10.9. The zero-order chi connectivity index (χ0) is 25.9. The maximum Gasteiger partial charge on any atom is 0.421 e. The Kier molecular flexibility index (Phi) is 7.92. The van der Waals surface area contributed by atoms with Crippen LogP contribution >= 0.6 is 0 Å². The van der Waals surface area contributed by atoms with Crippen LogP contribution in [-0.2, 0) is 12.7 Å². The summed E-state index contributed by atoms with van der Waals surface area (Å²) in [4.78, 5) is 15.3. The molecule has 0 radical (unpaired) electrons. The Morgan fingerprint density at radius 2 is 1.86 bits per heavy atom. The fourth-order valence-corrected chi connectivity index (χ4v) is 3.76. The average Bonchev–Trinajstić information content (AvgIpc) is 2.74. The highest BCUT2D eigenvalue weighted by atomic mass is 19.4. The van der Waals surface area contributed by atoms with Gasteiger partial charge in [0, 0.05) is 25.0 Å². The molecule has 194 valence electrons. The molecular formula is C21H26F6N6O2. The number of hydrogen-bond acceptors (Lipinski definition) is 8. The predicted octanol–water partition coefficient (Wildman–Crippen LogP) is 4.58. The number of anilines is 2. The van der Waals surface area contributed by atoms with Crippen LogP contribution in [0.2, 0.25) is 0 Å². The van der Waals surface area contributed by atoms with Crippen molar-refractivity contribution in [2.24, 2.45) is 5.41 Å². The fourth-order valence-electron chi connectivity index (χ4n) is 3.76. The van der Waals surface area contributed by atoms with Crippen LogP contribution in [-0.4, -0.2) is 50.0 Å². The number of aliphatic hydroxyl groups is 1. The van der Waals surface area contributed by atoms with Gasteiger partial charge in [-0.1, -0.05) is 13.8 Å². The molecule has 2 aromatic rings. The van der Waals surface area contributed by atoms with Crippen molar-refractivity contribution in [3.05, 3.63) is 29.8 Å². The molecule has 0 saturated heterocycles. The van der Waals surface area contributed by atoms with Crippen molar-refractivity contribution < 1.29 is 36.2 Å².